The van der Waals surface area contributed by atoms with Gasteiger partial charge in [0.1, 0.15) is 12.7 Å². The fraction of sp³-hybridized carbons (Fsp3) is 0.667. The molecule has 2 aliphatic heterocycles. The minimum absolute atomic E-state index is 0.141. The molecular formula is C18H24N2O3S. The number of likely N-dealkylation sites (tertiary alicyclic amines) is 1. The van der Waals surface area contributed by atoms with Crippen LogP contribution in [0.1, 0.15) is 32.1 Å². The monoisotopic (exact) mass is 348 g/mol. The third-order valence-corrected chi connectivity index (χ3v) is 6.73. The van der Waals surface area contributed by atoms with E-state index in [1.807, 2.05) is 34.9 Å². The van der Waals surface area contributed by atoms with E-state index >= 15 is 0 Å². The van der Waals surface area contributed by atoms with Crippen molar-refractivity contribution in [2.45, 2.75) is 49.1 Å². The lowest BCUT2D eigenvalue weighted by Gasteiger charge is -2.47. The number of nitrogens with zero attached hydrogens (tertiary/aromatic N) is 2. The van der Waals surface area contributed by atoms with Gasteiger partial charge in [0.05, 0.1) is 10.9 Å². The summed E-state index contributed by atoms with van der Waals surface area (Å²) in [5.41, 5.74) is 0. The standard InChI is InChI=1S/C18H24N2O3S/c21-17(10-22-14-5-1-2-6-14)20-12-18(13-20)9-15(11-24-18)23-16-7-3-4-8-19-16/h3-4,7-8,14-15H,1-2,5-6,9-13H2. The normalized spacial score (nSPS) is 25.8. The van der Waals surface area contributed by atoms with Crippen LogP contribution in [0.2, 0.25) is 0 Å². The molecule has 0 aromatic carbocycles. The molecule has 24 heavy (non-hydrogen) atoms. The van der Waals surface area contributed by atoms with Crippen LogP contribution in [-0.2, 0) is 9.53 Å². The van der Waals surface area contributed by atoms with Crippen molar-refractivity contribution in [1.29, 1.82) is 0 Å². The molecule has 1 aliphatic carbocycles. The Kier molecular flexibility index (Phi) is 4.68. The Bertz CT molecular complexity index is 571. The summed E-state index contributed by atoms with van der Waals surface area (Å²) < 4.78 is 11.9. The molecule has 4 rings (SSSR count). The molecule has 1 unspecified atom stereocenters. The van der Waals surface area contributed by atoms with Gasteiger partial charge in [0, 0.05) is 37.5 Å². The molecule has 1 aromatic rings. The Morgan fingerprint density at radius 1 is 1.29 bits per heavy atom. The van der Waals surface area contributed by atoms with Crippen molar-refractivity contribution >= 4 is 17.7 Å². The third-order valence-electron chi connectivity index (χ3n) is 5.16. The van der Waals surface area contributed by atoms with Gasteiger partial charge >= 0.3 is 0 Å². The van der Waals surface area contributed by atoms with Crippen molar-refractivity contribution in [3.8, 4) is 5.88 Å². The lowest BCUT2D eigenvalue weighted by atomic mass is 9.93. The first-order valence-electron chi connectivity index (χ1n) is 8.83. The second kappa shape index (κ2) is 6.92. The molecular weight excluding hydrogens is 324 g/mol. The zero-order chi connectivity index (χ0) is 16.4. The van der Waals surface area contributed by atoms with E-state index in [2.05, 4.69) is 4.98 Å². The maximum Gasteiger partial charge on any atom is 0.248 e. The van der Waals surface area contributed by atoms with Gasteiger partial charge in [0.25, 0.3) is 0 Å². The van der Waals surface area contributed by atoms with Gasteiger partial charge in [0.2, 0.25) is 11.8 Å². The molecule has 1 aromatic heterocycles. The Morgan fingerprint density at radius 2 is 2.12 bits per heavy atom. The van der Waals surface area contributed by atoms with Crippen molar-refractivity contribution in [2.75, 3.05) is 25.4 Å². The molecule has 1 spiro atoms. The molecule has 130 valence electrons. The Hall–Kier alpha value is -1.27. The van der Waals surface area contributed by atoms with E-state index in [1.54, 1.807) is 6.20 Å². The number of hydrogen-bond donors (Lipinski definition) is 0. The summed E-state index contributed by atoms with van der Waals surface area (Å²) in [7, 11) is 0. The Morgan fingerprint density at radius 3 is 2.88 bits per heavy atom. The average Bonchev–Trinajstić information content (AvgIpc) is 3.22. The quantitative estimate of drug-likeness (QED) is 0.818. The third kappa shape index (κ3) is 3.54. The molecule has 1 amide bonds. The van der Waals surface area contributed by atoms with Crippen LogP contribution in [0.4, 0.5) is 0 Å². The number of thioether (sulfide) groups is 1. The van der Waals surface area contributed by atoms with Gasteiger partial charge in [-0.05, 0) is 18.9 Å². The number of carbonyl (C=O) groups is 1. The smallest absolute Gasteiger partial charge is 0.248 e. The lowest BCUT2D eigenvalue weighted by Crippen LogP contribution is -2.61. The second-order valence-electron chi connectivity index (χ2n) is 7.07. The van der Waals surface area contributed by atoms with E-state index in [9.17, 15) is 4.79 Å². The van der Waals surface area contributed by atoms with Crippen LogP contribution in [0.5, 0.6) is 5.88 Å². The predicted octanol–water partition coefficient (Wildman–Crippen LogP) is 2.51. The zero-order valence-corrected chi connectivity index (χ0v) is 14.7. The Balaban J connectivity index is 1.21. The maximum absolute atomic E-state index is 12.2. The van der Waals surface area contributed by atoms with Crippen molar-refractivity contribution in [2.24, 2.45) is 0 Å². The number of ether oxygens (including phenoxy) is 2. The molecule has 3 fully saturated rings. The molecule has 0 bridgehead atoms. The van der Waals surface area contributed by atoms with Crippen molar-refractivity contribution in [1.82, 2.24) is 9.88 Å². The number of pyridine rings is 1. The van der Waals surface area contributed by atoms with Crippen LogP contribution in [0, 0.1) is 0 Å². The van der Waals surface area contributed by atoms with Crippen molar-refractivity contribution in [3.05, 3.63) is 24.4 Å². The van der Waals surface area contributed by atoms with Crippen LogP contribution in [0.15, 0.2) is 24.4 Å². The van der Waals surface area contributed by atoms with E-state index in [4.69, 9.17) is 9.47 Å². The summed E-state index contributed by atoms with van der Waals surface area (Å²) in [5, 5.41) is 0. The fourth-order valence-corrected chi connectivity index (χ4v) is 5.37. The first-order chi connectivity index (χ1) is 11.7. The zero-order valence-electron chi connectivity index (χ0n) is 13.9. The van der Waals surface area contributed by atoms with Gasteiger partial charge in [-0.3, -0.25) is 4.79 Å². The summed E-state index contributed by atoms with van der Waals surface area (Å²) in [4.78, 5) is 18.4. The summed E-state index contributed by atoms with van der Waals surface area (Å²) in [5.74, 6) is 1.80. The van der Waals surface area contributed by atoms with E-state index in [0.29, 0.717) is 12.0 Å². The summed E-state index contributed by atoms with van der Waals surface area (Å²) in [6.45, 7) is 1.90. The van der Waals surface area contributed by atoms with Crippen molar-refractivity contribution in [3.63, 3.8) is 0 Å². The second-order valence-corrected chi connectivity index (χ2v) is 8.56. The number of hydrogen-bond acceptors (Lipinski definition) is 5. The van der Waals surface area contributed by atoms with Gasteiger partial charge in [0.15, 0.2) is 0 Å². The lowest BCUT2D eigenvalue weighted by molar-refractivity contribution is -0.143. The van der Waals surface area contributed by atoms with Crippen LogP contribution in [-0.4, -0.2) is 58.2 Å². The summed E-state index contributed by atoms with van der Waals surface area (Å²) >= 11 is 1.94. The van der Waals surface area contributed by atoms with Gasteiger partial charge in [-0.15, -0.1) is 11.8 Å². The van der Waals surface area contributed by atoms with Crippen LogP contribution in [0.3, 0.4) is 0 Å². The Labute approximate surface area is 147 Å². The SMILES string of the molecule is O=C(COC1CCCC1)N1CC2(CC(Oc3ccccn3)CS2)C1. The summed E-state index contributed by atoms with van der Waals surface area (Å²) in [6.07, 6.45) is 7.93. The average molecular weight is 348 g/mol. The van der Waals surface area contributed by atoms with Crippen LogP contribution in [0.25, 0.3) is 0 Å². The molecule has 6 heteroatoms. The highest BCUT2D eigenvalue weighted by Crippen LogP contribution is 2.46. The molecule has 1 atom stereocenters. The van der Waals surface area contributed by atoms with E-state index in [-0.39, 0.29) is 23.4 Å². The fourth-order valence-electron chi connectivity index (χ4n) is 3.85. The first-order valence-corrected chi connectivity index (χ1v) is 9.82. The molecule has 5 nitrogen and oxygen atoms in total. The maximum atomic E-state index is 12.2. The molecule has 1 saturated carbocycles. The van der Waals surface area contributed by atoms with Gasteiger partial charge in [-0.1, -0.05) is 18.9 Å². The highest BCUT2D eigenvalue weighted by atomic mass is 32.2. The molecule has 2 saturated heterocycles. The minimum Gasteiger partial charge on any atom is -0.473 e. The van der Waals surface area contributed by atoms with Crippen molar-refractivity contribution < 1.29 is 14.3 Å². The van der Waals surface area contributed by atoms with Gasteiger partial charge < -0.3 is 14.4 Å². The molecule has 3 aliphatic rings. The predicted molar refractivity (Wildman–Crippen MR) is 93.2 cm³/mol. The van der Waals surface area contributed by atoms with Crippen LogP contribution < -0.4 is 4.74 Å². The topological polar surface area (TPSA) is 51.7 Å². The van der Waals surface area contributed by atoms with Gasteiger partial charge in [-0.25, -0.2) is 4.98 Å². The summed E-state index contributed by atoms with van der Waals surface area (Å²) in [6, 6.07) is 5.72. The number of amides is 1. The van der Waals surface area contributed by atoms with E-state index in [1.165, 1.54) is 12.8 Å². The first kappa shape index (κ1) is 16.2. The minimum atomic E-state index is 0.141. The highest BCUT2D eigenvalue weighted by molar-refractivity contribution is 8.01. The van der Waals surface area contributed by atoms with E-state index < -0.39 is 0 Å². The largest absolute Gasteiger partial charge is 0.473 e. The molecule has 3 heterocycles. The number of carbonyl (C=O) groups excluding carboxylic acids is 1. The molecule has 0 N–H and O–H groups in total. The number of rotatable bonds is 5. The van der Waals surface area contributed by atoms with Crippen LogP contribution >= 0.6 is 11.8 Å². The number of aromatic nitrogens is 1. The van der Waals surface area contributed by atoms with E-state index in [0.717, 1.165) is 38.1 Å². The molecule has 0 radical (unpaired) electrons. The highest BCUT2D eigenvalue weighted by Gasteiger charge is 2.51. The van der Waals surface area contributed by atoms with Gasteiger partial charge in [-0.2, -0.15) is 0 Å².